The highest BCUT2D eigenvalue weighted by molar-refractivity contribution is 5.31. The SMILES string of the molecule is Cc1cc(Oc2ccccc2F)ccn1. The molecule has 0 aliphatic heterocycles. The molecule has 0 N–H and O–H groups in total. The first-order chi connectivity index (χ1) is 7.25. The summed E-state index contributed by atoms with van der Waals surface area (Å²) < 4.78 is 18.6. The molecule has 2 rings (SSSR count). The lowest BCUT2D eigenvalue weighted by Gasteiger charge is -2.06. The van der Waals surface area contributed by atoms with Gasteiger partial charge in [0.15, 0.2) is 11.6 Å². The van der Waals surface area contributed by atoms with Gasteiger partial charge in [-0.3, -0.25) is 4.98 Å². The van der Waals surface area contributed by atoms with Crippen LogP contribution in [0.4, 0.5) is 4.39 Å². The molecule has 0 saturated carbocycles. The fraction of sp³-hybridized carbons (Fsp3) is 0.0833. The third kappa shape index (κ3) is 2.31. The fourth-order valence-electron chi connectivity index (χ4n) is 1.24. The minimum atomic E-state index is -0.369. The van der Waals surface area contributed by atoms with Crippen LogP contribution < -0.4 is 4.74 Å². The number of halogens is 1. The van der Waals surface area contributed by atoms with Crippen molar-refractivity contribution in [3.63, 3.8) is 0 Å². The number of hydrogen-bond donors (Lipinski definition) is 0. The van der Waals surface area contributed by atoms with E-state index in [9.17, 15) is 4.39 Å². The van der Waals surface area contributed by atoms with Crippen LogP contribution in [0.25, 0.3) is 0 Å². The van der Waals surface area contributed by atoms with E-state index in [1.165, 1.54) is 6.07 Å². The molecule has 15 heavy (non-hydrogen) atoms. The Morgan fingerprint density at radius 3 is 2.73 bits per heavy atom. The summed E-state index contributed by atoms with van der Waals surface area (Å²) in [6.07, 6.45) is 1.63. The first-order valence-corrected chi connectivity index (χ1v) is 4.61. The summed E-state index contributed by atoms with van der Waals surface area (Å²) in [6.45, 7) is 1.86. The molecular formula is C12H10FNO. The van der Waals surface area contributed by atoms with Crippen LogP contribution >= 0.6 is 0 Å². The van der Waals surface area contributed by atoms with E-state index < -0.39 is 0 Å². The summed E-state index contributed by atoms with van der Waals surface area (Å²) in [7, 11) is 0. The molecule has 1 aromatic heterocycles. The molecule has 0 unspecified atom stereocenters. The highest BCUT2D eigenvalue weighted by Crippen LogP contribution is 2.23. The molecule has 1 aromatic carbocycles. The Balaban J connectivity index is 2.26. The van der Waals surface area contributed by atoms with Crippen LogP contribution in [0, 0.1) is 12.7 Å². The number of benzene rings is 1. The zero-order valence-electron chi connectivity index (χ0n) is 8.27. The Bertz CT molecular complexity index is 471. The van der Waals surface area contributed by atoms with Crippen molar-refractivity contribution in [1.82, 2.24) is 4.98 Å². The molecular weight excluding hydrogens is 193 g/mol. The van der Waals surface area contributed by atoms with Gasteiger partial charge >= 0.3 is 0 Å². The molecule has 0 fully saturated rings. The predicted octanol–water partition coefficient (Wildman–Crippen LogP) is 3.32. The normalized spacial score (nSPS) is 10.0. The van der Waals surface area contributed by atoms with Gasteiger partial charge in [0.1, 0.15) is 5.75 Å². The Kier molecular flexibility index (Phi) is 2.63. The molecule has 2 aromatic rings. The highest BCUT2D eigenvalue weighted by Gasteiger charge is 2.02. The van der Waals surface area contributed by atoms with Gasteiger partial charge < -0.3 is 4.74 Å². The third-order valence-corrected chi connectivity index (χ3v) is 1.93. The van der Waals surface area contributed by atoms with Crippen molar-refractivity contribution < 1.29 is 9.13 Å². The zero-order chi connectivity index (χ0) is 10.7. The van der Waals surface area contributed by atoms with E-state index in [1.807, 2.05) is 6.92 Å². The minimum absolute atomic E-state index is 0.225. The smallest absolute Gasteiger partial charge is 0.165 e. The van der Waals surface area contributed by atoms with Gasteiger partial charge in [-0.05, 0) is 25.1 Å². The van der Waals surface area contributed by atoms with Crippen molar-refractivity contribution in [1.29, 1.82) is 0 Å². The van der Waals surface area contributed by atoms with Crippen LogP contribution in [-0.2, 0) is 0 Å². The fourth-order valence-corrected chi connectivity index (χ4v) is 1.24. The Morgan fingerprint density at radius 2 is 2.00 bits per heavy atom. The van der Waals surface area contributed by atoms with Crippen molar-refractivity contribution in [2.24, 2.45) is 0 Å². The number of aryl methyl sites for hydroxylation is 1. The molecule has 0 radical (unpaired) electrons. The van der Waals surface area contributed by atoms with Gasteiger partial charge in [-0.15, -0.1) is 0 Å². The van der Waals surface area contributed by atoms with Gasteiger partial charge in [0.05, 0.1) is 0 Å². The zero-order valence-corrected chi connectivity index (χ0v) is 8.27. The topological polar surface area (TPSA) is 22.1 Å². The number of nitrogens with zero attached hydrogens (tertiary/aromatic N) is 1. The second-order valence-electron chi connectivity index (χ2n) is 3.17. The quantitative estimate of drug-likeness (QED) is 0.746. The maximum atomic E-state index is 13.2. The molecule has 0 amide bonds. The number of pyridine rings is 1. The maximum Gasteiger partial charge on any atom is 0.165 e. The van der Waals surface area contributed by atoms with E-state index in [2.05, 4.69) is 4.98 Å². The molecule has 0 saturated heterocycles. The van der Waals surface area contributed by atoms with Gasteiger partial charge in [0.2, 0.25) is 0 Å². The average molecular weight is 203 g/mol. The number of para-hydroxylation sites is 1. The lowest BCUT2D eigenvalue weighted by Crippen LogP contribution is -1.89. The lowest BCUT2D eigenvalue weighted by atomic mass is 10.3. The standard InChI is InChI=1S/C12H10FNO/c1-9-8-10(6-7-14-9)15-12-5-3-2-4-11(12)13/h2-8H,1H3. The highest BCUT2D eigenvalue weighted by atomic mass is 19.1. The van der Waals surface area contributed by atoms with Crippen LogP contribution in [0.3, 0.4) is 0 Å². The summed E-state index contributed by atoms with van der Waals surface area (Å²) in [4.78, 5) is 4.03. The van der Waals surface area contributed by atoms with Crippen molar-refractivity contribution in [3.05, 3.63) is 54.1 Å². The monoisotopic (exact) mass is 203 g/mol. The number of rotatable bonds is 2. The summed E-state index contributed by atoms with van der Waals surface area (Å²) in [5, 5.41) is 0. The molecule has 0 spiro atoms. The van der Waals surface area contributed by atoms with Crippen LogP contribution in [0.2, 0.25) is 0 Å². The van der Waals surface area contributed by atoms with E-state index >= 15 is 0 Å². The molecule has 0 bridgehead atoms. The van der Waals surface area contributed by atoms with Gasteiger partial charge in [-0.25, -0.2) is 4.39 Å². The minimum Gasteiger partial charge on any atom is -0.454 e. The lowest BCUT2D eigenvalue weighted by molar-refractivity contribution is 0.441. The van der Waals surface area contributed by atoms with Crippen molar-refractivity contribution in [3.8, 4) is 11.5 Å². The Hall–Kier alpha value is -1.90. The second-order valence-corrected chi connectivity index (χ2v) is 3.17. The molecule has 0 atom stereocenters. The van der Waals surface area contributed by atoms with E-state index in [0.29, 0.717) is 5.75 Å². The Morgan fingerprint density at radius 1 is 1.20 bits per heavy atom. The summed E-state index contributed by atoms with van der Waals surface area (Å²) >= 11 is 0. The van der Waals surface area contributed by atoms with Crippen LogP contribution in [-0.4, -0.2) is 4.98 Å². The van der Waals surface area contributed by atoms with Crippen molar-refractivity contribution >= 4 is 0 Å². The molecule has 2 nitrogen and oxygen atoms in total. The van der Waals surface area contributed by atoms with Crippen LogP contribution in [0.5, 0.6) is 11.5 Å². The Labute approximate surface area is 87.4 Å². The number of ether oxygens (including phenoxy) is 1. The second kappa shape index (κ2) is 4.09. The van der Waals surface area contributed by atoms with E-state index in [0.717, 1.165) is 5.69 Å². The van der Waals surface area contributed by atoms with E-state index in [-0.39, 0.29) is 11.6 Å². The van der Waals surface area contributed by atoms with Gasteiger partial charge in [-0.2, -0.15) is 0 Å². The van der Waals surface area contributed by atoms with Crippen molar-refractivity contribution in [2.75, 3.05) is 0 Å². The van der Waals surface area contributed by atoms with Gasteiger partial charge in [0, 0.05) is 18.0 Å². The summed E-state index contributed by atoms with van der Waals surface area (Å²) in [5.74, 6) is 0.447. The summed E-state index contributed by atoms with van der Waals surface area (Å²) in [5.41, 5.74) is 0.837. The first-order valence-electron chi connectivity index (χ1n) is 4.61. The molecule has 1 heterocycles. The van der Waals surface area contributed by atoms with Crippen LogP contribution in [0.15, 0.2) is 42.6 Å². The first kappa shape index (κ1) is 9.65. The largest absolute Gasteiger partial charge is 0.454 e. The number of aromatic nitrogens is 1. The van der Waals surface area contributed by atoms with Crippen molar-refractivity contribution in [2.45, 2.75) is 6.92 Å². The maximum absolute atomic E-state index is 13.2. The van der Waals surface area contributed by atoms with E-state index in [1.54, 1.807) is 36.5 Å². The van der Waals surface area contributed by atoms with Crippen LogP contribution in [0.1, 0.15) is 5.69 Å². The van der Waals surface area contributed by atoms with E-state index in [4.69, 9.17) is 4.74 Å². The predicted molar refractivity (Wildman–Crippen MR) is 55.4 cm³/mol. The molecule has 3 heteroatoms. The molecule has 0 aliphatic rings. The summed E-state index contributed by atoms with van der Waals surface area (Å²) in [6, 6.07) is 9.76. The van der Waals surface area contributed by atoms with Gasteiger partial charge in [-0.1, -0.05) is 12.1 Å². The van der Waals surface area contributed by atoms with Gasteiger partial charge in [0.25, 0.3) is 0 Å². The number of hydrogen-bond acceptors (Lipinski definition) is 2. The third-order valence-electron chi connectivity index (χ3n) is 1.93. The average Bonchev–Trinajstić information content (AvgIpc) is 2.22. The molecule has 76 valence electrons. The molecule has 0 aliphatic carbocycles.